The van der Waals surface area contributed by atoms with Crippen molar-refractivity contribution in [2.45, 2.75) is 212 Å². The highest BCUT2D eigenvalue weighted by atomic mass is 16.7. The van der Waals surface area contributed by atoms with E-state index in [1.165, 1.54) is 89.7 Å². The number of nitrogens with zero attached hydrogens (tertiary/aromatic N) is 1. The number of hydrogen-bond acceptors (Lipinski definition) is 8. The number of aliphatic hydroxyl groups is 2. The predicted octanol–water partition coefficient (Wildman–Crippen LogP) is 8.62. The van der Waals surface area contributed by atoms with Gasteiger partial charge in [0.25, 0.3) is 0 Å². The number of carbonyl (C=O) groups excluding carboxylic acids is 3. The van der Waals surface area contributed by atoms with Gasteiger partial charge in [-0.1, -0.05) is 141 Å². The maximum absolute atomic E-state index is 13.7. The van der Waals surface area contributed by atoms with Gasteiger partial charge in [-0.15, -0.1) is 0 Å². The van der Waals surface area contributed by atoms with E-state index in [1.807, 2.05) is 32.0 Å². The standard InChI is InChI=1S/C46H81N3O8/c1-8-9-10-11-12-13-14-15-16-17-18-19-20-21-25-31-39(50)49(32-27-26-30-36-28-23-22-24-29-36)34-38-41(51)42(52)40(44(55-7)56-38)48-43(53)37(33-35(2)3)47-45(54)57-46(4,5)6/h22-24,28-29,35,37-38,40-42,44,51-52H,8-21,25-27,30-34H2,1-7H3,(H,47,54)(H,48,53)/t37-,38+,40-,41+,42+,44-/m0/s1. The summed E-state index contributed by atoms with van der Waals surface area (Å²) >= 11 is 0. The highest BCUT2D eigenvalue weighted by Crippen LogP contribution is 2.24. The fraction of sp³-hybridized carbons (Fsp3) is 0.804. The Bertz CT molecular complexity index is 1220. The zero-order valence-electron chi connectivity index (χ0n) is 36.8. The van der Waals surface area contributed by atoms with E-state index in [1.54, 1.807) is 25.7 Å². The van der Waals surface area contributed by atoms with Gasteiger partial charge in [0.2, 0.25) is 11.8 Å². The van der Waals surface area contributed by atoms with Crippen molar-refractivity contribution in [3.63, 3.8) is 0 Å². The first-order chi connectivity index (χ1) is 27.2. The van der Waals surface area contributed by atoms with E-state index in [4.69, 9.17) is 14.2 Å². The lowest BCUT2D eigenvalue weighted by Crippen LogP contribution is -2.67. The van der Waals surface area contributed by atoms with E-state index < -0.39 is 54.3 Å². The van der Waals surface area contributed by atoms with Gasteiger partial charge in [-0.2, -0.15) is 0 Å². The third kappa shape index (κ3) is 21.7. The highest BCUT2D eigenvalue weighted by Gasteiger charge is 2.47. The van der Waals surface area contributed by atoms with Gasteiger partial charge in [-0.25, -0.2) is 4.79 Å². The van der Waals surface area contributed by atoms with Crippen LogP contribution < -0.4 is 10.6 Å². The second-order valence-corrected chi connectivity index (χ2v) is 17.6. The molecule has 0 bridgehead atoms. The molecule has 1 saturated heterocycles. The molecule has 1 aromatic rings. The number of nitrogens with one attached hydrogen (secondary N) is 2. The summed E-state index contributed by atoms with van der Waals surface area (Å²) in [6, 6.07) is 8.18. The van der Waals surface area contributed by atoms with Crippen LogP contribution in [0.1, 0.15) is 169 Å². The van der Waals surface area contributed by atoms with E-state index in [2.05, 4.69) is 29.7 Å². The molecule has 3 amide bonds. The van der Waals surface area contributed by atoms with Crippen LogP contribution in [0.15, 0.2) is 30.3 Å². The summed E-state index contributed by atoms with van der Waals surface area (Å²) in [6.45, 7) is 11.9. The first-order valence-corrected chi connectivity index (χ1v) is 22.4. The SMILES string of the molecule is CCCCCCCCCCCCCCCCCC(=O)N(CCCCc1ccccc1)C[C@H]1O[C@H](OC)[C@@H](NC(=O)[C@H](CC(C)C)NC(=O)OC(C)(C)C)[C@@H](O)[C@@H]1O. The van der Waals surface area contributed by atoms with Gasteiger partial charge < -0.3 is 40.0 Å². The minimum atomic E-state index is -1.45. The van der Waals surface area contributed by atoms with E-state index in [-0.39, 0.29) is 18.4 Å². The largest absolute Gasteiger partial charge is 0.444 e. The molecule has 0 aromatic heterocycles. The Balaban J connectivity index is 1.94. The van der Waals surface area contributed by atoms with Gasteiger partial charge in [0.15, 0.2) is 6.29 Å². The molecule has 0 aliphatic carbocycles. The van der Waals surface area contributed by atoms with E-state index in [0.29, 0.717) is 19.4 Å². The zero-order chi connectivity index (χ0) is 42.1. The lowest BCUT2D eigenvalue weighted by atomic mass is 9.95. The number of carbonyl (C=O) groups is 3. The van der Waals surface area contributed by atoms with E-state index >= 15 is 0 Å². The van der Waals surface area contributed by atoms with Crippen molar-refractivity contribution in [1.82, 2.24) is 15.5 Å². The normalized spacial score (nSPS) is 20.3. The van der Waals surface area contributed by atoms with Gasteiger partial charge in [0.05, 0.1) is 0 Å². The third-order valence-electron chi connectivity index (χ3n) is 10.7. The number of unbranched alkanes of at least 4 members (excludes halogenated alkanes) is 15. The fourth-order valence-corrected chi connectivity index (χ4v) is 7.47. The van der Waals surface area contributed by atoms with Crippen LogP contribution in [0.5, 0.6) is 0 Å². The van der Waals surface area contributed by atoms with E-state index in [9.17, 15) is 24.6 Å². The van der Waals surface area contributed by atoms with Crippen molar-refractivity contribution < 1.29 is 38.8 Å². The van der Waals surface area contributed by atoms with Crippen molar-refractivity contribution in [2.75, 3.05) is 20.2 Å². The van der Waals surface area contributed by atoms with Crippen LogP contribution in [0.4, 0.5) is 4.79 Å². The summed E-state index contributed by atoms with van der Waals surface area (Å²) in [4.78, 5) is 41.5. The van der Waals surface area contributed by atoms with Crippen molar-refractivity contribution in [2.24, 2.45) is 5.92 Å². The molecule has 0 saturated carbocycles. The molecule has 0 spiro atoms. The molecular weight excluding hydrogens is 723 g/mol. The monoisotopic (exact) mass is 804 g/mol. The van der Waals surface area contributed by atoms with Crippen LogP contribution in [-0.4, -0.2) is 95.5 Å². The molecule has 57 heavy (non-hydrogen) atoms. The lowest BCUT2D eigenvalue weighted by molar-refractivity contribution is -0.259. The summed E-state index contributed by atoms with van der Waals surface area (Å²) < 4.78 is 17.1. The molecule has 2 rings (SSSR count). The second kappa shape index (κ2) is 28.7. The number of rotatable bonds is 29. The molecular formula is C46H81N3O8. The number of ether oxygens (including phenoxy) is 3. The van der Waals surface area contributed by atoms with Crippen molar-refractivity contribution in [3.05, 3.63) is 35.9 Å². The van der Waals surface area contributed by atoms with Gasteiger partial charge in [0.1, 0.15) is 36.0 Å². The van der Waals surface area contributed by atoms with Gasteiger partial charge >= 0.3 is 6.09 Å². The molecule has 11 nitrogen and oxygen atoms in total. The first-order valence-electron chi connectivity index (χ1n) is 22.4. The molecule has 0 radical (unpaired) electrons. The van der Waals surface area contributed by atoms with Crippen LogP contribution in [0.2, 0.25) is 0 Å². The van der Waals surface area contributed by atoms with Crippen LogP contribution in [-0.2, 0) is 30.2 Å². The van der Waals surface area contributed by atoms with Crippen molar-refractivity contribution in [3.8, 4) is 0 Å². The summed E-state index contributed by atoms with van der Waals surface area (Å²) in [5, 5.41) is 28.1. The Labute approximate surface area is 345 Å². The number of amides is 3. The average Bonchev–Trinajstić information content (AvgIpc) is 3.16. The maximum atomic E-state index is 13.7. The predicted molar refractivity (Wildman–Crippen MR) is 228 cm³/mol. The lowest BCUT2D eigenvalue weighted by Gasteiger charge is -2.44. The first kappa shape index (κ1) is 50.4. The Kier molecular flexibility index (Phi) is 25.3. The quantitative estimate of drug-likeness (QED) is 0.0589. The van der Waals surface area contributed by atoms with Crippen LogP contribution >= 0.6 is 0 Å². The fourth-order valence-electron chi connectivity index (χ4n) is 7.47. The Morgan fingerprint density at radius 2 is 1.37 bits per heavy atom. The number of aliphatic hydroxyl groups excluding tert-OH is 2. The summed E-state index contributed by atoms with van der Waals surface area (Å²) in [5.74, 6) is -0.501. The van der Waals surface area contributed by atoms with Crippen molar-refractivity contribution >= 4 is 17.9 Å². The molecule has 1 fully saturated rings. The Morgan fingerprint density at radius 1 is 0.807 bits per heavy atom. The second-order valence-electron chi connectivity index (χ2n) is 17.6. The topological polar surface area (TPSA) is 147 Å². The third-order valence-corrected chi connectivity index (χ3v) is 10.7. The molecule has 1 aromatic carbocycles. The van der Waals surface area contributed by atoms with Gasteiger partial charge in [0, 0.05) is 26.6 Å². The highest BCUT2D eigenvalue weighted by molar-refractivity contribution is 5.86. The minimum absolute atomic E-state index is 0.00355. The van der Waals surface area contributed by atoms with Gasteiger partial charge in [-0.05, 0) is 64.4 Å². The number of hydrogen-bond donors (Lipinski definition) is 4. The Hall–Kier alpha value is -2.73. The van der Waals surface area contributed by atoms with Crippen LogP contribution in [0, 0.1) is 5.92 Å². The number of alkyl carbamates (subject to hydrolysis) is 1. The van der Waals surface area contributed by atoms with Crippen LogP contribution in [0.3, 0.4) is 0 Å². The molecule has 328 valence electrons. The molecule has 6 atom stereocenters. The number of methoxy groups -OCH3 is 1. The number of benzene rings is 1. The molecule has 0 unspecified atom stereocenters. The maximum Gasteiger partial charge on any atom is 0.408 e. The minimum Gasteiger partial charge on any atom is -0.444 e. The average molecular weight is 804 g/mol. The number of aryl methyl sites for hydroxylation is 1. The Morgan fingerprint density at radius 3 is 1.89 bits per heavy atom. The smallest absolute Gasteiger partial charge is 0.408 e. The zero-order valence-corrected chi connectivity index (χ0v) is 36.8. The molecule has 1 aliphatic heterocycles. The summed E-state index contributed by atoms with van der Waals surface area (Å²) in [5.41, 5.74) is 0.495. The summed E-state index contributed by atoms with van der Waals surface area (Å²) in [6.07, 6.45) is 16.5. The summed E-state index contributed by atoms with van der Waals surface area (Å²) in [7, 11) is 1.40. The van der Waals surface area contributed by atoms with Crippen LogP contribution in [0.25, 0.3) is 0 Å². The van der Waals surface area contributed by atoms with Crippen molar-refractivity contribution in [1.29, 1.82) is 0 Å². The van der Waals surface area contributed by atoms with Gasteiger partial charge in [-0.3, -0.25) is 9.59 Å². The molecule has 4 N–H and O–H groups in total. The molecule has 11 heteroatoms. The molecule has 1 aliphatic rings. The molecule has 1 heterocycles. The van der Waals surface area contributed by atoms with E-state index in [0.717, 1.165) is 38.5 Å².